The van der Waals surface area contributed by atoms with Gasteiger partial charge in [-0.3, -0.25) is 24.5 Å². The predicted molar refractivity (Wildman–Crippen MR) is 44.8 cm³/mol. The Hall–Kier alpha value is -1.72. The average molecular weight is 201 g/mol. The molecule has 0 aromatic carbocycles. The van der Waals surface area contributed by atoms with Crippen molar-refractivity contribution < 1.29 is 23.9 Å². The van der Waals surface area contributed by atoms with Gasteiger partial charge in [-0.1, -0.05) is 0 Å². The molecular formula is C8H11NO5. The lowest BCUT2D eigenvalue weighted by Gasteiger charge is -1.87. The first-order valence-electron chi connectivity index (χ1n) is 3.93. The molecule has 2 amide bonds. The Bertz CT molecular complexity index is 245. The molecule has 1 saturated heterocycles. The third-order valence-electron chi connectivity index (χ3n) is 1.15. The number of amides is 2. The molecule has 0 saturated carbocycles. The second-order valence-corrected chi connectivity index (χ2v) is 2.56. The van der Waals surface area contributed by atoms with E-state index in [4.69, 9.17) is 0 Å². The quantitative estimate of drug-likeness (QED) is 0.325. The van der Waals surface area contributed by atoms with E-state index >= 15 is 0 Å². The molecule has 6 nitrogen and oxygen atoms in total. The molecule has 1 N–H and O–H groups in total. The smallest absolute Gasteiger partial charge is 0.310 e. The minimum Gasteiger partial charge on any atom is -0.394 e. The van der Waals surface area contributed by atoms with Gasteiger partial charge in [-0.05, 0) is 0 Å². The normalized spacial score (nSPS) is 13.9. The van der Waals surface area contributed by atoms with Crippen LogP contribution in [0.1, 0.15) is 26.7 Å². The molecular weight excluding hydrogens is 190 g/mol. The van der Waals surface area contributed by atoms with Gasteiger partial charge in [0.1, 0.15) is 0 Å². The fourth-order valence-electron chi connectivity index (χ4n) is 0.710. The lowest BCUT2D eigenvalue weighted by Crippen LogP contribution is -2.18. The molecule has 0 spiro atoms. The largest absolute Gasteiger partial charge is 0.394 e. The Labute approximate surface area is 80.6 Å². The van der Waals surface area contributed by atoms with Crippen molar-refractivity contribution in [3.63, 3.8) is 0 Å². The van der Waals surface area contributed by atoms with Gasteiger partial charge >= 0.3 is 11.9 Å². The Morgan fingerprint density at radius 2 is 1.43 bits per heavy atom. The van der Waals surface area contributed by atoms with Crippen molar-refractivity contribution in [1.29, 1.82) is 0 Å². The van der Waals surface area contributed by atoms with Crippen molar-refractivity contribution in [3.05, 3.63) is 0 Å². The van der Waals surface area contributed by atoms with Gasteiger partial charge in [0, 0.05) is 26.7 Å². The minimum absolute atomic E-state index is 0.148. The predicted octanol–water partition coefficient (Wildman–Crippen LogP) is -0.481. The number of imide groups is 1. The number of ether oxygens (including phenoxy) is 1. The van der Waals surface area contributed by atoms with E-state index in [2.05, 4.69) is 10.1 Å². The number of carbonyl (C=O) groups is 4. The number of hydrogen-bond donors (Lipinski definition) is 1. The molecule has 0 bridgehead atoms. The number of carbonyl (C=O) groups excluding carboxylic acids is 4. The fraction of sp³-hybridized carbons (Fsp3) is 0.500. The summed E-state index contributed by atoms with van der Waals surface area (Å²) in [6.07, 6.45) is 0.748. The number of esters is 2. The molecule has 0 radical (unpaired) electrons. The van der Waals surface area contributed by atoms with Crippen LogP contribution >= 0.6 is 0 Å². The van der Waals surface area contributed by atoms with Crippen molar-refractivity contribution in [2.24, 2.45) is 0 Å². The van der Waals surface area contributed by atoms with Crippen LogP contribution in [0.5, 0.6) is 0 Å². The summed E-state index contributed by atoms with van der Waals surface area (Å²) in [5.41, 5.74) is 0. The summed E-state index contributed by atoms with van der Waals surface area (Å²) in [7, 11) is 0. The third-order valence-corrected chi connectivity index (χ3v) is 1.15. The highest BCUT2D eigenvalue weighted by Crippen LogP contribution is 1.95. The lowest BCUT2D eigenvalue weighted by atomic mass is 10.4. The first-order valence-corrected chi connectivity index (χ1v) is 3.93. The number of rotatable bonds is 0. The molecule has 0 aliphatic carbocycles. The Balaban J connectivity index is 0.000000241. The maximum absolute atomic E-state index is 10.1. The van der Waals surface area contributed by atoms with Crippen molar-refractivity contribution in [2.75, 3.05) is 0 Å². The monoisotopic (exact) mass is 201 g/mol. The van der Waals surface area contributed by atoms with Gasteiger partial charge in [0.15, 0.2) is 0 Å². The van der Waals surface area contributed by atoms with Gasteiger partial charge in [0.05, 0.1) is 0 Å². The highest BCUT2D eigenvalue weighted by atomic mass is 16.6. The molecule has 78 valence electrons. The van der Waals surface area contributed by atoms with Gasteiger partial charge in [-0.2, -0.15) is 0 Å². The Kier molecular flexibility index (Phi) is 5.13. The van der Waals surface area contributed by atoms with E-state index in [-0.39, 0.29) is 11.8 Å². The molecule has 0 atom stereocenters. The van der Waals surface area contributed by atoms with Crippen LogP contribution in [0.15, 0.2) is 0 Å². The second kappa shape index (κ2) is 5.85. The summed E-state index contributed by atoms with van der Waals surface area (Å²) in [6.45, 7) is 2.36. The topological polar surface area (TPSA) is 89.5 Å². The van der Waals surface area contributed by atoms with Crippen LogP contribution in [-0.4, -0.2) is 23.8 Å². The molecule has 1 aliphatic rings. The summed E-state index contributed by atoms with van der Waals surface area (Å²) < 4.78 is 3.97. The van der Waals surface area contributed by atoms with Gasteiger partial charge in [0.25, 0.3) is 0 Å². The van der Waals surface area contributed by atoms with Crippen LogP contribution < -0.4 is 5.32 Å². The Morgan fingerprint density at radius 1 is 1.07 bits per heavy atom. The second-order valence-electron chi connectivity index (χ2n) is 2.56. The van der Waals surface area contributed by atoms with Crippen LogP contribution in [0.25, 0.3) is 0 Å². The molecule has 0 aromatic heterocycles. The van der Waals surface area contributed by atoms with Crippen LogP contribution in [0.3, 0.4) is 0 Å². The number of nitrogens with one attached hydrogen (secondary N) is 1. The van der Waals surface area contributed by atoms with Gasteiger partial charge in [0.2, 0.25) is 11.8 Å². The summed E-state index contributed by atoms with van der Waals surface area (Å²) >= 11 is 0. The van der Waals surface area contributed by atoms with E-state index in [1.807, 2.05) is 0 Å². The zero-order valence-electron chi connectivity index (χ0n) is 7.96. The maximum atomic E-state index is 10.1. The molecule has 14 heavy (non-hydrogen) atoms. The minimum atomic E-state index is -0.562. The average Bonchev–Trinajstić information content (AvgIpc) is 2.32. The lowest BCUT2D eigenvalue weighted by molar-refractivity contribution is -0.156. The zero-order valence-corrected chi connectivity index (χ0v) is 7.96. The first-order chi connectivity index (χ1) is 6.41. The zero-order chi connectivity index (χ0) is 11.1. The van der Waals surface area contributed by atoms with Gasteiger partial charge in [-0.15, -0.1) is 0 Å². The van der Waals surface area contributed by atoms with E-state index in [9.17, 15) is 19.2 Å². The van der Waals surface area contributed by atoms with E-state index in [1.165, 1.54) is 13.8 Å². The molecule has 1 aliphatic heterocycles. The summed E-state index contributed by atoms with van der Waals surface area (Å²) in [5, 5.41) is 2.14. The first kappa shape index (κ1) is 12.3. The van der Waals surface area contributed by atoms with Crippen molar-refractivity contribution in [2.45, 2.75) is 26.7 Å². The summed E-state index contributed by atoms with van der Waals surface area (Å²) in [5.74, 6) is -1.42. The van der Waals surface area contributed by atoms with Crippen molar-refractivity contribution in [3.8, 4) is 0 Å². The van der Waals surface area contributed by atoms with Crippen molar-refractivity contribution in [1.82, 2.24) is 5.32 Å². The van der Waals surface area contributed by atoms with Crippen molar-refractivity contribution >= 4 is 23.8 Å². The molecule has 0 aromatic rings. The third kappa shape index (κ3) is 6.96. The maximum Gasteiger partial charge on any atom is 0.310 e. The highest BCUT2D eigenvalue weighted by Gasteiger charge is 2.15. The molecule has 0 unspecified atom stereocenters. The number of hydrogen-bond acceptors (Lipinski definition) is 5. The fourth-order valence-corrected chi connectivity index (χ4v) is 0.710. The van der Waals surface area contributed by atoms with E-state index in [1.54, 1.807) is 0 Å². The van der Waals surface area contributed by atoms with E-state index < -0.39 is 11.9 Å². The van der Waals surface area contributed by atoms with E-state index in [0.717, 1.165) is 0 Å². The molecule has 1 heterocycles. The van der Waals surface area contributed by atoms with Crippen LogP contribution in [0.2, 0.25) is 0 Å². The Morgan fingerprint density at radius 3 is 1.50 bits per heavy atom. The molecule has 1 rings (SSSR count). The van der Waals surface area contributed by atoms with E-state index in [0.29, 0.717) is 12.8 Å². The molecule has 6 heteroatoms. The van der Waals surface area contributed by atoms with Crippen LogP contribution in [0, 0.1) is 0 Å². The van der Waals surface area contributed by atoms with Gasteiger partial charge < -0.3 is 4.74 Å². The highest BCUT2D eigenvalue weighted by molar-refractivity contribution is 6.01. The van der Waals surface area contributed by atoms with Crippen LogP contribution in [-0.2, 0) is 23.9 Å². The van der Waals surface area contributed by atoms with Gasteiger partial charge in [-0.25, -0.2) is 0 Å². The summed E-state index contributed by atoms with van der Waals surface area (Å²) in [4.78, 5) is 39.9. The summed E-state index contributed by atoms with van der Waals surface area (Å²) in [6, 6.07) is 0. The molecule has 1 fully saturated rings. The standard InChI is InChI=1S/C4H5NO2.C4H6O3/c6-3-1-2-4(7)5-3;1-3(5)7-4(2)6/h1-2H2,(H,5,6,7);1-2H3. The SMILES string of the molecule is CC(=O)OC(C)=O.O=C1CCC(=O)N1. The van der Waals surface area contributed by atoms with Crippen LogP contribution in [0.4, 0.5) is 0 Å².